The van der Waals surface area contributed by atoms with Gasteiger partial charge in [0.1, 0.15) is 5.75 Å². The number of nitrogens with zero attached hydrogens (tertiary/aromatic N) is 2. The summed E-state index contributed by atoms with van der Waals surface area (Å²) in [6.45, 7) is 0. The summed E-state index contributed by atoms with van der Waals surface area (Å²) in [4.78, 5) is 16.9. The highest BCUT2D eigenvalue weighted by atomic mass is 19.4. The molecule has 28 heavy (non-hydrogen) atoms. The average Bonchev–Trinajstić information content (AvgIpc) is 2.61. The molecule has 0 atom stereocenters. The largest absolute Gasteiger partial charge is 0.460 e. The fourth-order valence-electron chi connectivity index (χ4n) is 2.04. The number of amides is 1. The summed E-state index contributed by atoms with van der Waals surface area (Å²) < 4.78 is 95.2. The lowest BCUT2D eigenvalue weighted by molar-refractivity contribution is -0.359. The van der Waals surface area contributed by atoms with E-state index in [0.717, 1.165) is 12.1 Å². The molecule has 0 aliphatic heterocycles. The van der Waals surface area contributed by atoms with E-state index in [-0.39, 0.29) is 23.1 Å². The van der Waals surface area contributed by atoms with Gasteiger partial charge in [0, 0.05) is 31.9 Å². The first-order valence-corrected chi connectivity index (χ1v) is 7.56. The van der Waals surface area contributed by atoms with Crippen LogP contribution in [0.1, 0.15) is 15.9 Å². The summed E-state index contributed by atoms with van der Waals surface area (Å²) in [5.41, 5.74) is -1.27. The maximum absolute atomic E-state index is 13.6. The molecule has 2 rings (SSSR count). The van der Waals surface area contributed by atoms with E-state index < -0.39 is 23.6 Å². The van der Waals surface area contributed by atoms with Gasteiger partial charge in [0.2, 0.25) is 5.88 Å². The van der Waals surface area contributed by atoms with Gasteiger partial charge in [0.05, 0.1) is 5.56 Å². The van der Waals surface area contributed by atoms with Crippen molar-refractivity contribution >= 4 is 5.91 Å². The number of halogens is 7. The van der Waals surface area contributed by atoms with E-state index in [1.165, 1.54) is 37.3 Å². The first-order valence-electron chi connectivity index (χ1n) is 7.56. The standard InChI is InChI=1S/C17H13F7N2O2/c1-26(2)14(27)10-3-8-13(25-9-10)28-12-6-4-11(5-7-12)15(18,19)16(20,21)17(22,23)24/h3-9H,1-2H3. The van der Waals surface area contributed by atoms with E-state index in [4.69, 9.17) is 4.74 Å². The van der Waals surface area contributed by atoms with E-state index >= 15 is 0 Å². The summed E-state index contributed by atoms with van der Waals surface area (Å²) in [5, 5.41) is 0. The number of carbonyl (C=O) groups is 1. The van der Waals surface area contributed by atoms with Crippen LogP contribution in [0.4, 0.5) is 30.7 Å². The predicted molar refractivity (Wildman–Crippen MR) is 83.7 cm³/mol. The molecule has 1 aromatic carbocycles. The Bertz CT molecular complexity index is 832. The highest BCUT2D eigenvalue weighted by Crippen LogP contribution is 2.51. The fourth-order valence-corrected chi connectivity index (χ4v) is 2.04. The van der Waals surface area contributed by atoms with Crippen LogP contribution < -0.4 is 4.74 Å². The number of aromatic nitrogens is 1. The molecule has 2 aromatic rings. The van der Waals surface area contributed by atoms with E-state index in [2.05, 4.69) is 4.98 Å². The van der Waals surface area contributed by atoms with Gasteiger partial charge in [-0.2, -0.15) is 30.7 Å². The topological polar surface area (TPSA) is 42.4 Å². The molecule has 0 N–H and O–H groups in total. The zero-order valence-corrected chi connectivity index (χ0v) is 14.4. The Morgan fingerprint density at radius 1 is 0.929 bits per heavy atom. The molecule has 0 radical (unpaired) electrons. The predicted octanol–water partition coefficient (Wildman–Crippen LogP) is 4.87. The molecule has 1 aromatic heterocycles. The second kappa shape index (κ2) is 7.28. The van der Waals surface area contributed by atoms with Gasteiger partial charge in [0.15, 0.2) is 0 Å². The molecule has 0 saturated carbocycles. The molecular formula is C17H13F7N2O2. The first kappa shape index (κ1) is 21.5. The lowest BCUT2D eigenvalue weighted by Gasteiger charge is -2.28. The lowest BCUT2D eigenvalue weighted by Crippen LogP contribution is -2.49. The van der Waals surface area contributed by atoms with Crippen LogP contribution in [-0.4, -0.2) is 42.0 Å². The zero-order valence-electron chi connectivity index (χ0n) is 14.4. The number of benzene rings is 1. The first-order chi connectivity index (χ1) is 12.8. The molecule has 0 spiro atoms. The third-order valence-electron chi connectivity index (χ3n) is 3.58. The van der Waals surface area contributed by atoms with Crippen molar-refractivity contribution in [2.24, 2.45) is 0 Å². The molecule has 0 aliphatic carbocycles. The molecule has 1 heterocycles. The molecule has 1 amide bonds. The summed E-state index contributed by atoms with van der Waals surface area (Å²) in [6, 6.07) is 5.10. The minimum Gasteiger partial charge on any atom is -0.439 e. The third kappa shape index (κ3) is 4.02. The van der Waals surface area contributed by atoms with Crippen LogP contribution in [0.3, 0.4) is 0 Å². The molecular weight excluding hydrogens is 397 g/mol. The fraction of sp³-hybridized carbons (Fsp3) is 0.294. The number of alkyl halides is 7. The van der Waals surface area contributed by atoms with Gasteiger partial charge in [0.25, 0.3) is 5.91 Å². The highest BCUT2D eigenvalue weighted by Gasteiger charge is 2.73. The van der Waals surface area contributed by atoms with Gasteiger partial charge in [-0.3, -0.25) is 4.79 Å². The summed E-state index contributed by atoms with van der Waals surface area (Å²) in [7, 11) is 3.07. The Balaban J connectivity index is 2.18. The normalized spacial score (nSPS) is 12.6. The van der Waals surface area contributed by atoms with Crippen LogP contribution in [0.2, 0.25) is 0 Å². The maximum atomic E-state index is 13.6. The second-order valence-electron chi connectivity index (χ2n) is 5.86. The van der Waals surface area contributed by atoms with Crippen LogP contribution in [0, 0.1) is 0 Å². The Morgan fingerprint density at radius 3 is 1.93 bits per heavy atom. The third-order valence-corrected chi connectivity index (χ3v) is 3.58. The Kier molecular flexibility index (Phi) is 5.58. The van der Waals surface area contributed by atoms with Gasteiger partial charge in [-0.1, -0.05) is 0 Å². The van der Waals surface area contributed by atoms with Crippen molar-refractivity contribution in [2.45, 2.75) is 18.0 Å². The number of carbonyl (C=O) groups excluding carboxylic acids is 1. The van der Waals surface area contributed by atoms with Gasteiger partial charge < -0.3 is 9.64 Å². The number of rotatable bonds is 5. The molecule has 0 aliphatic rings. The Hall–Kier alpha value is -2.85. The van der Waals surface area contributed by atoms with Crippen molar-refractivity contribution < 1.29 is 40.3 Å². The van der Waals surface area contributed by atoms with Crippen LogP contribution in [0.15, 0.2) is 42.6 Å². The monoisotopic (exact) mass is 410 g/mol. The summed E-state index contributed by atoms with van der Waals surface area (Å²) in [5.74, 6) is -12.2. The quantitative estimate of drug-likeness (QED) is 0.661. The number of ether oxygens (including phenoxy) is 1. The Labute approximate surface area is 154 Å². The smallest absolute Gasteiger partial charge is 0.439 e. The van der Waals surface area contributed by atoms with Crippen molar-refractivity contribution in [3.63, 3.8) is 0 Å². The number of hydrogen-bond donors (Lipinski definition) is 0. The molecule has 152 valence electrons. The van der Waals surface area contributed by atoms with Crippen molar-refractivity contribution in [2.75, 3.05) is 14.1 Å². The summed E-state index contributed by atoms with van der Waals surface area (Å²) in [6.07, 6.45) is -5.22. The van der Waals surface area contributed by atoms with E-state index in [1.807, 2.05) is 0 Å². The van der Waals surface area contributed by atoms with E-state index in [1.54, 1.807) is 0 Å². The van der Waals surface area contributed by atoms with Crippen LogP contribution in [-0.2, 0) is 5.92 Å². The lowest BCUT2D eigenvalue weighted by atomic mass is 10.0. The molecule has 0 saturated heterocycles. The minimum absolute atomic E-state index is 0.0459. The molecule has 4 nitrogen and oxygen atoms in total. The Morgan fingerprint density at radius 2 is 1.50 bits per heavy atom. The van der Waals surface area contributed by atoms with Crippen molar-refractivity contribution in [3.05, 3.63) is 53.7 Å². The van der Waals surface area contributed by atoms with Crippen molar-refractivity contribution in [1.29, 1.82) is 0 Å². The average molecular weight is 410 g/mol. The van der Waals surface area contributed by atoms with Crippen molar-refractivity contribution in [1.82, 2.24) is 9.88 Å². The molecule has 0 unspecified atom stereocenters. The van der Waals surface area contributed by atoms with Gasteiger partial charge in [-0.25, -0.2) is 4.98 Å². The SMILES string of the molecule is CN(C)C(=O)c1ccc(Oc2ccc(C(F)(F)C(F)(F)C(F)(F)F)cc2)nc1. The van der Waals surface area contributed by atoms with Crippen LogP contribution in [0.5, 0.6) is 11.6 Å². The van der Waals surface area contributed by atoms with Crippen LogP contribution in [0.25, 0.3) is 0 Å². The van der Waals surface area contributed by atoms with Crippen molar-refractivity contribution in [3.8, 4) is 11.6 Å². The maximum Gasteiger partial charge on any atom is 0.460 e. The van der Waals surface area contributed by atoms with Gasteiger partial charge >= 0.3 is 18.0 Å². The molecule has 0 bridgehead atoms. The van der Waals surface area contributed by atoms with E-state index in [9.17, 15) is 35.5 Å². The van der Waals surface area contributed by atoms with E-state index in [0.29, 0.717) is 12.1 Å². The summed E-state index contributed by atoms with van der Waals surface area (Å²) >= 11 is 0. The molecule has 0 fully saturated rings. The molecule has 11 heteroatoms. The highest BCUT2D eigenvalue weighted by molar-refractivity contribution is 5.93. The number of pyridine rings is 1. The van der Waals surface area contributed by atoms with Gasteiger partial charge in [-0.15, -0.1) is 0 Å². The minimum atomic E-state index is -6.42. The van der Waals surface area contributed by atoms with Gasteiger partial charge in [-0.05, 0) is 30.3 Å². The second-order valence-corrected chi connectivity index (χ2v) is 5.86. The number of hydrogen-bond acceptors (Lipinski definition) is 3. The zero-order chi connectivity index (χ0) is 21.3. The van der Waals surface area contributed by atoms with Crippen LogP contribution >= 0.6 is 0 Å².